The molecule has 1 aromatic carbocycles. The Kier molecular flexibility index (Phi) is 2.11. The van der Waals surface area contributed by atoms with Crippen molar-refractivity contribution in [1.29, 1.82) is 5.26 Å². The molecule has 2 N–H and O–H groups in total. The van der Waals surface area contributed by atoms with E-state index in [9.17, 15) is 0 Å². The molecule has 0 amide bonds. The summed E-state index contributed by atoms with van der Waals surface area (Å²) in [4.78, 5) is 0. The van der Waals surface area contributed by atoms with E-state index in [0.29, 0.717) is 5.56 Å². The van der Waals surface area contributed by atoms with E-state index in [1.807, 2.05) is 0 Å². The molecule has 0 saturated heterocycles. The van der Waals surface area contributed by atoms with Gasteiger partial charge in [-0.1, -0.05) is 11.6 Å². The monoisotopic (exact) mass is 183 g/mol. The van der Waals surface area contributed by atoms with Gasteiger partial charge in [0.15, 0.2) is 0 Å². The second-order valence-electron chi connectivity index (χ2n) is 2.34. The van der Waals surface area contributed by atoms with E-state index in [4.69, 9.17) is 27.1 Å². The van der Waals surface area contributed by atoms with Gasteiger partial charge in [-0.05, 0) is 12.5 Å². The van der Waals surface area contributed by atoms with Crippen molar-refractivity contribution in [3.05, 3.63) is 22.2 Å². The lowest BCUT2D eigenvalue weighted by molar-refractivity contribution is 0.449. The van der Waals surface area contributed by atoms with E-state index in [1.54, 1.807) is 13.0 Å². The summed E-state index contributed by atoms with van der Waals surface area (Å²) in [6, 6.07) is 2.84. The van der Waals surface area contributed by atoms with Crippen LogP contribution < -0.4 is 0 Å². The van der Waals surface area contributed by atoms with E-state index in [1.165, 1.54) is 0 Å². The van der Waals surface area contributed by atoms with Crippen molar-refractivity contribution >= 4 is 11.6 Å². The number of hydrogen-bond donors (Lipinski definition) is 2. The molecule has 62 valence electrons. The number of phenolic OH excluding ortho intramolecular Hbond substituents is 2. The highest BCUT2D eigenvalue weighted by Gasteiger charge is 2.11. The zero-order valence-corrected chi connectivity index (χ0v) is 7.05. The summed E-state index contributed by atoms with van der Waals surface area (Å²) in [6.45, 7) is 1.56. The Morgan fingerprint density at radius 1 is 1.42 bits per heavy atom. The van der Waals surface area contributed by atoms with Crippen LogP contribution in [0.5, 0.6) is 11.5 Å². The van der Waals surface area contributed by atoms with Crippen LogP contribution in [0.3, 0.4) is 0 Å². The largest absolute Gasteiger partial charge is 0.506 e. The summed E-state index contributed by atoms with van der Waals surface area (Å²) in [6.07, 6.45) is 0. The summed E-state index contributed by atoms with van der Waals surface area (Å²) in [5.74, 6) is -0.470. The van der Waals surface area contributed by atoms with Crippen molar-refractivity contribution in [3.8, 4) is 17.6 Å². The van der Waals surface area contributed by atoms with Crippen LogP contribution in [0.25, 0.3) is 0 Å². The minimum Gasteiger partial charge on any atom is -0.506 e. The highest BCUT2D eigenvalue weighted by molar-refractivity contribution is 6.33. The fourth-order valence-corrected chi connectivity index (χ4v) is 1.05. The number of phenols is 2. The van der Waals surface area contributed by atoms with Gasteiger partial charge in [0.1, 0.15) is 17.6 Å². The van der Waals surface area contributed by atoms with Gasteiger partial charge in [-0.15, -0.1) is 0 Å². The van der Waals surface area contributed by atoms with Crippen molar-refractivity contribution in [2.45, 2.75) is 6.92 Å². The molecule has 1 rings (SSSR count). The van der Waals surface area contributed by atoms with Crippen molar-refractivity contribution in [1.82, 2.24) is 0 Å². The summed E-state index contributed by atoms with van der Waals surface area (Å²) >= 11 is 5.62. The number of halogens is 1. The van der Waals surface area contributed by atoms with E-state index >= 15 is 0 Å². The highest BCUT2D eigenvalue weighted by Crippen LogP contribution is 2.34. The molecule has 12 heavy (non-hydrogen) atoms. The third kappa shape index (κ3) is 1.17. The second kappa shape index (κ2) is 2.92. The first kappa shape index (κ1) is 8.69. The van der Waals surface area contributed by atoms with Gasteiger partial charge in [0.05, 0.1) is 10.6 Å². The normalized spacial score (nSPS) is 9.42. The van der Waals surface area contributed by atoms with Gasteiger partial charge in [-0.3, -0.25) is 0 Å². The molecule has 0 atom stereocenters. The number of rotatable bonds is 0. The predicted octanol–water partition coefficient (Wildman–Crippen LogP) is 1.93. The minimum atomic E-state index is -0.253. The number of benzene rings is 1. The molecule has 0 fully saturated rings. The smallest absolute Gasteiger partial charge is 0.138 e. The molecule has 1 aromatic rings. The quantitative estimate of drug-likeness (QED) is 0.646. The van der Waals surface area contributed by atoms with Crippen LogP contribution in [-0.2, 0) is 0 Å². The third-order valence-corrected chi connectivity index (χ3v) is 2.05. The molecule has 0 aliphatic rings. The van der Waals surface area contributed by atoms with Crippen LogP contribution in [0.2, 0.25) is 5.02 Å². The molecular weight excluding hydrogens is 178 g/mol. The topological polar surface area (TPSA) is 64.2 Å². The van der Waals surface area contributed by atoms with Crippen molar-refractivity contribution in [3.63, 3.8) is 0 Å². The summed E-state index contributed by atoms with van der Waals surface area (Å²) < 4.78 is 0. The molecule has 0 heterocycles. The molecule has 0 aromatic heterocycles. The van der Waals surface area contributed by atoms with E-state index in [-0.39, 0.29) is 22.1 Å². The standard InChI is InChI=1S/C8H6ClNO2/c1-4-5(3-10)6(11)2-7(12)8(4)9/h2,11-12H,1H3. The van der Waals surface area contributed by atoms with Crippen LogP contribution in [0.1, 0.15) is 11.1 Å². The van der Waals surface area contributed by atoms with Crippen LogP contribution in [0, 0.1) is 18.3 Å². The number of hydrogen-bond acceptors (Lipinski definition) is 3. The maximum absolute atomic E-state index is 9.16. The maximum Gasteiger partial charge on any atom is 0.138 e. The van der Waals surface area contributed by atoms with E-state index in [0.717, 1.165) is 6.07 Å². The van der Waals surface area contributed by atoms with Gasteiger partial charge in [-0.2, -0.15) is 5.26 Å². The molecule has 0 saturated carbocycles. The van der Waals surface area contributed by atoms with E-state index in [2.05, 4.69) is 0 Å². The first-order valence-corrected chi connectivity index (χ1v) is 3.57. The second-order valence-corrected chi connectivity index (χ2v) is 2.72. The average Bonchev–Trinajstić information content (AvgIpc) is 2.01. The third-order valence-electron chi connectivity index (χ3n) is 1.57. The Morgan fingerprint density at radius 2 is 2.00 bits per heavy atom. The number of nitriles is 1. The lowest BCUT2D eigenvalue weighted by Gasteiger charge is -2.04. The zero-order valence-electron chi connectivity index (χ0n) is 6.30. The minimum absolute atomic E-state index is 0.0952. The van der Waals surface area contributed by atoms with E-state index < -0.39 is 0 Å². The molecule has 0 unspecified atom stereocenters. The van der Waals surface area contributed by atoms with Gasteiger partial charge in [-0.25, -0.2) is 0 Å². The highest BCUT2D eigenvalue weighted by atomic mass is 35.5. The molecule has 0 aliphatic heterocycles. The lowest BCUT2D eigenvalue weighted by Crippen LogP contribution is -1.85. The van der Waals surface area contributed by atoms with Crippen molar-refractivity contribution < 1.29 is 10.2 Å². The Morgan fingerprint density at radius 3 is 2.50 bits per heavy atom. The molecule has 0 radical (unpaired) electrons. The summed E-state index contributed by atoms with van der Waals surface area (Å²) in [7, 11) is 0. The maximum atomic E-state index is 9.16. The van der Waals surface area contributed by atoms with Crippen LogP contribution in [-0.4, -0.2) is 10.2 Å². The molecule has 0 bridgehead atoms. The van der Waals surface area contributed by atoms with Crippen LogP contribution >= 0.6 is 11.6 Å². The molecule has 4 heteroatoms. The lowest BCUT2D eigenvalue weighted by atomic mass is 10.1. The zero-order chi connectivity index (χ0) is 9.30. The summed E-state index contributed by atoms with van der Waals surface area (Å²) in [5.41, 5.74) is 0.481. The average molecular weight is 184 g/mol. The van der Waals surface area contributed by atoms with Gasteiger partial charge in [0.25, 0.3) is 0 Å². The fraction of sp³-hybridized carbons (Fsp3) is 0.125. The number of aromatic hydroxyl groups is 2. The Hall–Kier alpha value is -1.40. The molecule has 0 aliphatic carbocycles. The Balaban J connectivity index is 3.54. The molecule has 3 nitrogen and oxygen atoms in total. The first-order chi connectivity index (χ1) is 5.57. The van der Waals surface area contributed by atoms with Crippen LogP contribution in [0.4, 0.5) is 0 Å². The van der Waals surface area contributed by atoms with Gasteiger partial charge >= 0.3 is 0 Å². The molecular formula is C8H6ClNO2. The number of nitrogens with zero attached hydrogens (tertiary/aromatic N) is 1. The Bertz CT molecular complexity index is 368. The summed E-state index contributed by atoms with van der Waals surface area (Å²) in [5, 5.41) is 26.9. The van der Waals surface area contributed by atoms with Crippen molar-refractivity contribution in [2.75, 3.05) is 0 Å². The van der Waals surface area contributed by atoms with Gasteiger partial charge < -0.3 is 10.2 Å². The molecule has 0 spiro atoms. The Labute approximate surface area is 74.4 Å². The van der Waals surface area contributed by atoms with Gasteiger partial charge in [0.2, 0.25) is 0 Å². The van der Waals surface area contributed by atoms with Crippen molar-refractivity contribution in [2.24, 2.45) is 0 Å². The van der Waals surface area contributed by atoms with Crippen LogP contribution in [0.15, 0.2) is 6.07 Å². The first-order valence-electron chi connectivity index (χ1n) is 3.19. The fourth-order valence-electron chi connectivity index (χ4n) is 0.900. The predicted molar refractivity (Wildman–Crippen MR) is 44.2 cm³/mol. The van der Waals surface area contributed by atoms with Gasteiger partial charge in [0, 0.05) is 6.07 Å². The SMILES string of the molecule is Cc1c(Cl)c(O)cc(O)c1C#N.